The van der Waals surface area contributed by atoms with Gasteiger partial charge in [-0.2, -0.15) is 0 Å². The summed E-state index contributed by atoms with van der Waals surface area (Å²) in [5.74, 6) is -3.79. The fourth-order valence-corrected chi connectivity index (χ4v) is 2.63. The van der Waals surface area contributed by atoms with E-state index in [0.717, 1.165) is 30.5 Å². The van der Waals surface area contributed by atoms with E-state index < -0.39 is 17.5 Å². The monoisotopic (exact) mass is 342 g/mol. The average Bonchev–Trinajstić information content (AvgIpc) is 2.44. The molecule has 0 aliphatic rings. The first-order valence-corrected chi connectivity index (χ1v) is 7.31. The molecule has 0 bridgehead atoms. The molecule has 2 aromatic carbocycles. The van der Waals surface area contributed by atoms with Crippen LogP contribution >= 0.6 is 15.9 Å². The van der Waals surface area contributed by atoms with E-state index >= 15 is 0 Å². The van der Waals surface area contributed by atoms with Crippen LogP contribution in [0.5, 0.6) is 0 Å². The van der Waals surface area contributed by atoms with Crippen molar-refractivity contribution >= 4 is 15.9 Å². The maximum absolute atomic E-state index is 13.2. The lowest BCUT2D eigenvalue weighted by molar-refractivity contribution is 0.445. The molecule has 0 heterocycles. The number of hydrogen-bond acceptors (Lipinski definition) is 0. The van der Waals surface area contributed by atoms with Crippen molar-refractivity contribution in [2.24, 2.45) is 0 Å². The molecule has 0 saturated heterocycles. The highest BCUT2D eigenvalue weighted by Gasteiger charge is 2.16. The Bertz CT molecular complexity index is 570. The van der Waals surface area contributed by atoms with Crippen molar-refractivity contribution in [3.63, 3.8) is 0 Å². The van der Waals surface area contributed by atoms with Crippen molar-refractivity contribution in [3.05, 3.63) is 70.5 Å². The number of aryl methyl sites for hydroxylation is 1. The zero-order valence-electron chi connectivity index (χ0n) is 11.0. The van der Waals surface area contributed by atoms with Crippen LogP contribution in [0.1, 0.15) is 34.9 Å². The van der Waals surface area contributed by atoms with E-state index in [1.807, 2.05) is 24.3 Å². The minimum absolute atomic E-state index is 0.352. The van der Waals surface area contributed by atoms with Crippen molar-refractivity contribution < 1.29 is 13.2 Å². The van der Waals surface area contributed by atoms with Crippen LogP contribution in [0.3, 0.4) is 0 Å². The molecule has 0 nitrogen and oxygen atoms in total. The van der Waals surface area contributed by atoms with E-state index in [1.165, 1.54) is 5.56 Å². The van der Waals surface area contributed by atoms with Crippen LogP contribution in [0.2, 0.25) is 0 Å². The summed E-state index contributed by atoms with van der Waals surface area (Å²) < 4.78 is 39.4. The van der Waals surface area contributed by atoms with Gasteiger partial charge in [0, 0.05) is 0 Å². The van der Waals surface area contributed by atoms with Crippen LogP contribution in [0.4, 0.5) is 13.2 Å². The summed E-state index contributed by atoms with van der Waals surface area (Å²) in [6.07, 6.45) is 2.05. The third kappa shape index (κ3) is 3.23. The first-order valence-electron chi connectivity index (χ1n) is 6.40. The molecule has 20 heavy (non-hydrogen) atoms. The fourth-order valence-electron chi connectivity index (χ4n) is 2.06. The first-order chi connectivity index (χ1) is 9.52. The second kappa shape index (κ2) is 6.44. The minimum atomic E-state index is -1.44. The van der Waals surface area contributed by atoms with E-state index in [-0.39, 0.29) is 4.83 Å². The minimum Gasteiger partial charge on any atom is -0.204 e. The van der Waals surface area contributed by atoms with Gasteiger partial charge in [0.25, 0.3) is 0 Å². The molecule has 0 radical (unpaired) electrons. The Balaban J connectivity index is 2.28. The molecule has 0 spiro atoms. The largest absolute Gasteiger partial charge is 0.204 e. The molecule has 0 amide bonds. The van der Waals surface area contributed by atoms with Gasteiger partial charge in [-0.05, 0) is 35.2 Å². The van der Waals surface area contributed by atoms with Gasteiger partial charge in [0.05, 0.1) is 4.83 Å². The molecule has 2 rings (SSSR count). The average molecular weight is 343 g/mol. The van der Waals surface area contributed by atoms with Crippen molar-refractivity contribution in [3.8, 4) is 0 Å². The van der Waals surface area contributed by atoms with E-state index in [2.05, 4.69) is 22.9 Å². The smallest absolute Gasteiger partial charge is 0.194 e. The molecular formula is C16H14BrF3. The Morgan fingerprint density at radius 3 is 2.00 bits per heavy atom. The molecule has 2 aromatic rings. The molecule has 0 fully saturated rings. The number of rotatable bonds is 4. The number of benzene rings is 2. The SMILES string of the molecule is CCCc1ccc(C(Br)c2cc(F)c(F)c(F)c2)cc1. The normalized spacial score (nSPS) is 12.4. The predicted octanol–water partition coefficient (Wildman–Crippen LogP) is 5.54. The lowest BCUT2D eigenvalue weighted by Gasteiger charge is -2.12. The topological polar surface area (TPSA) is 0 Å². The Kier molecular flexibility index (Phi) is 4.86. The molecule has 0 N–H and O–H groups in total. The van der Waals surface area contributed by atoms with Gasteiger partial charge in [0.2, 0.25) is 0 Å². The second-order valence-electron chi connectivity index (χ2n) is 4.65. The van der Waals surface area contributed by atoms with Gasteiger partial charge in [-0.25, -0.2) is 13.2 Å². The molecule has 0 aliphatic heterocycles. The zero-order chi connectivity index (χ0) is 14.7. The highest BCUT2D eigenvalue weighted by molar-refractivity contribution is 9.09. The van der Waals surface area contributed by atoms with Crippen molar-refractivity contribution in [2.75, 3.05) is 0 Å². The lowest BCUT2D eigenvalue weighted by Crippen LogP contribution is -1.99. The summed E-state index contributed by atoms with van der Waals surface area (Å²) in [5, 5.41) is 0. The summed E-state index contributed by atoms with van der Waals surface area (Å²) in [6, 6.07) is 9.81. The highest BCUT2D eigenvalue weighted by Crippen LogP contribution is 2.32. The van der Waals surface area contributed by atoms with Crippen molar-refractivity contribution in [1.29, 1.82) is 0 Å². The van der Waals surface area contributed by atoms with Crippen LogP contribution in [-0.2, 0) is 6.42 Å². The Labute approximate surface area is 124 Å². The maximum Gasteiger partial charge on any atom is 0.194 e. The fraction of sp³-hybridized carbons (Fsp3) is 0.250. The molecule has 4 heteroatoms. The van der Waals surface area contributed by atoms with E-state index in [9.17, 15) is 13.2 Å². The van der Waals surface area contributed by atoms with Gasteiger partial charge < -0.3 is 0 Å². The van der Waals surface area contributed by atoms with E-state index in [4.69, 9.17) is 0 Å². The van der Waals surface area contributed by atoms with Gasteiger partial charge in [0.15, 0.2) is 17.5 Å². The van der Waals surface area contributed by atoms with Crippen LogP contribution < -0.4 is 0 Å². The van der Waals surface area contributed by atoms with Crippen LogP contribution in [0.25, 0.3) is 0 Å². The Morgan fingerprint density at radius 2 is 1.50 bits per heavy atom. The van der Waals surface area contributed by atoms with Crippen LogP contribution in [0, 0.1) is 17.5 Å². The highest BCUT2D eigenvalue weighted by atomic mass is 79.9. The Morgan fingerprint density at radius 1 is 0.950 bits per heavy atom. The van der Waals surface area contributed by atoms with Gasteiger partial charge in [-0.3, -0.25) is 0 Å². The van der Waals surface area contributed by atoms with Crippen molar-refractivity contribution in [1.82, 2.24) is 0 Å². The second-order valence-corrected chi connectivity index (χ2v) is 5.57. The van der Waals surface area contributed by atoms with Gasteiger partial charge in [-0.1, -0.05) is 53.5 Å². The zero-order valence-corrected chi connectivity index (χ0v) is 12.6. The molecule has 0 aromatic heterocycles. The summed E-state index contributed by atoms with van der Waals surface area (Å²) in [7, 11) is 0. The van der Waals surface area contributed by atoms with Gasteiger partial charge in [0.1, 0.15) is 0 Å². The number of halogens is 4. The summed E-state index contributed by atoms with van der Waals surface area (Å²) in [5.41, 5.74) is 2.44. The molecule has 1 unspecified atom stereocenters. The number of alkyl halides is 1. The van der Waals surface area contributed by atoms with E-state index in [0.29, 0.717) is 5.56 Å². The molecule has 0 saturated carbocycles. The third-order valence-corrected chi connectivity index (χ3v) is 4.17. The molecule has 1 atom stereocenters. The number of hydrogen-bond donors (Lipinski definition) is 0. The standard InChI is InChI=1S/C16H14BrF3/c1-2-3-10-4-6-11(7-5-10)15(17)12-8-13(18)16(20)14(19)9-12/h4-9,15H,2-3H2,1H3. The van der Waals surface area contributed by atoms with Crippen LogP contribution in [-0.4, -0.2) is 0 Å². The Hall–Kier alpha value is -1.29. The maximum atomic E-state index is 13.2. The van der Waals surface area contributed by atoms with Crippen molar-refractivity contribution in [2.45, 2.75) is 24.6 Å². The molecule has 106 valence electrons. The molecular weight excluding hydrogens is 329 g/mol. The first kappa shape index (κ1) is 15.1. The predicted molar refractivity (Wildman–Crippen MR) is 77.5 cm³/mol. The quantitative estimate of drug-likeness (QED) is 0.505. The lowest BCUT2D eigenvalue weighted by atomic mass is 10.0. The summed E-state index contributed by atoms with van der Waals surface area (Å²) in [4.78, 5) is -0.372. The summed E-state index contributed by atoms with van der Waals surface area (Å²) in [6.45, 7) is 2.10. The van der Waals surface area contributed by atoms with Crippen LogP contribution in [0.15, 0.2) is 36.4 Å². The molecule has 0 aliphatic carbocycles. The van der Waals surface area contributed by atoms with E-state index in [1.54, 1.807) is 0 Å². The van der Waals surface area contributed by atoms with Gasteiger partial charge >= 0.3 is 0 Å². The van der Waals surface area contributed by atoms with Gasteiger partial charge in [-0.15, -0.1) is 0 Å². The third-order valence-electron chi connectivity index (χ3n) is 3.11. The summed E-state index contributed by atoms with van der Waals surface area (Å²) >= 11 is 3.39.